The molecule has 2 aliphatic heterocycles. The summed E-state index contributed by atoms with van der Waals surface area (Å²) in [6.45, 7) is 7.41. The van der Waals surface area contributed by atoms with Crippen molar-refractivity contribution in [2.45, 2.75) is 121 Å². The Morgan fingerprint density at radius 1 is 0.591 bits per heavy atom. The van der Waals surface area contributed by atoms with Crippen LogP contribution in [0.25, 0.3) is 10.9 Å². The quantitative estimate of drug-likeness (QED) is 0.113. The molecule has 7 atom stereocenters. The number of fused-ring (bicyclic) bond motifs is 2. The largest absolute Gasteiger partial charge is 0.370 e. The van der Waals surface area contributed by atoms with Crippen LogP contribution < -0.4 is 26.6 Å². The molecule has 0 bridgehead atoms. The zero-order valence-electron chi connectivity index (χ0n) is 38.1. The standard InChI is InChI=1S/C52H61N7O7/c1-33(66-52(2,3)4)45-50(64)57-43(30-36-21-12-7-13-22-36)51(65)59-28-16-25-44(59)49(63)54-40(27-26-34-17-8-5-9-18-34)46(60)56-42(31-37-32-53-39-24-15-14-23-38(37)39)47(61)55-41(48(62)58-45)29-35-19-10-6-11-20-35/h5-15,17-24,32-33,40-45,53H,16,25-31H2,1-4H3,(H,54,63)(H,55,61)(H,56,60)(H,57,64)(H,58,62)/t33-,40-,41+,42-,43+,44+,45+/m1/s1. The molecule has 14 heteroatoms. The van der Waals surface area contributed by atoms with Gasteiger partial charge in [0, 0.05) is 42.9 Å². The maximum absolute atomic E-state index is 14.8. The van der Waals surface area contributed by atoms with Gasteiger partial charge in [-0.1, -0.05) is 109 Å². The van der Waals surface area contributed by atoms with Crippen LogP contribution in [0.5, 0.6) is 0 Å². The molecule has 6 N–H and O–H groups in total. The zero-order chi connectivity index (χ0) is 46.8. The summed E-state index contributed by atoms with van der Waals surface area (Å²) in [5.74, 6) is -3.58. The summed E-state index contributed by atoms with van der Waals surface area (Å²) in [6, 6.07) is 28.6. The highest BCUT2D eigenvalue weighted by Crippen LogP contribution is 2.23. The van der Waals surface area contributed by atoms with Gasteiger partial charge in [-0.25, -0.2) is 0 Å². The zero-order valence-corrected chi connectivity index (χ0v) is 38.1. The van der Waals surface area contributed by atoms with Crippen LogP contribution in [0.3, 0.4) is 0 Å². The number of amides is 6. The Bertz CT molecular complexity index is 2470. The molecule has 0 aliphatic carbocycles. The van der Waals surface area contributed by atoms with Crippen LogP contribution in [0.15, 0.2) is 121 Å². The number of carbonyl (C=O) groups excluding carboxylic acids is 6. The molecule has 0 unspecified atom stereocenters. The summed E-state index contributed by atoms with van der Waals surface area (Å²) in [5, 5.41) is 15.6. The van der Waals surface area contributed by atoms with Crippen molar-refractivity contribution in [3.05, 3.63) is 144 Å². The molecule has 2 fully saturated rings. The van der Waals surface area contributed by atoms with Crippen LogP contribution in [-0.4, -0.2) is 99.8 Å². The number of benzene rings is 4. The molecule has 2 saturated heterocycles. The van der Waals surface area contributed by atoms with Crippen molar-refractivity contribution in [2.75, 3.05) is 6.54 Å². The molecule has 0 spiro atoms. The second-order valence-electron chi connectivity index (χ2n) is 18.3. The lowest BCUT2D eigenvalue weighted by Gasteiger charge is -2.34. The number of aromatic amines is 1. The number of nitrogens with one attached hydrogen (secondary N) is 6. The van der Waals surface area contributed by atoms with Gasteiger partial charge in [-0.15, -0.1) is 0 Å². The van der Waals surface area contributed by atoms with Gasteiger partial charge in [0.25, 0.3) is 0 Å². The normalized spacial score (nSPS) is 23.1. The fourth-order valence-electron chi connectivity index (χ4n) is 8.92. The third kappa shape index (κ3) is 12.3. The van der Waals surface area contributed by atoms with E-state index in [-0.39, 0.29) is 32.2 Å². The maximum atomic E-state index is 14.8. The van der Waals surface area contributed by atoms with E-state index >= 15 is 0 Å². The van der Waals surface area contributed by atoms with Gasteiger partial charge in [-0.05, 0) is 81.7 Å². The summed E-state index contributed by atoms with van der Waals surface area (Å²) in [5.41, 5.74) is 3.29. The number of rotatable bonds is 11. The summed E-state index contributed by atoms with van der Waals surface area (Å²) < 4.78 is 6.29. The van der Waals surface area contributed by atoms with Gasteiger partial charge in [-0.3, -0.25) is 28.8 Å². The van der Waals surface area contributed by atoms with Crippen LogP contribution in [-0.2, 0) is 59.2 Å². The summed E-state index contributed by atoms with van der Waals surface area (Å²) in [7, 11) is 0. The molecule has 346 valence electrons. The topological polar surface area (TPSA) is 191 Å². The summed E-state index contributed by atoms with van der Waals surface area (Å²) >= 11 is 0. The second kappa shape index (κ2) is 21.5. The highest BCUT2D eigenvalue weighted by molar-refractivity contribution is 5.99. The molecule has 2 aliphatic rings. The smallest absolute Gasteiger partial charge is 0.246 e. The summed E-state index contributed by atoms with van der Waals surface area (Å²) in [4.78, 5) is 93.0. The Kier molecular flexibility index (Phi) is 15.3. The first-order valence-corrected chi connectivity index (χ1v) is 22.9. The average molecular weight is 896 g/mol. The molecule has 1 aromatic heterocycles. The van der Waals surface area contributed by atoms with E-state index in [1.807, 2.05) is 136 Å². The van der Waals surface area contributed by atoms with Crippen molar-refractivity contribution in [3.8, 4) is 0 Å². The van der Waals surface area contributed by atoms with Crippen LogP contribution >= 0.6 is 0 Å². The van der Waals surface area contributed by atoms with Gasteiger partial charge >= 0.3 is 0 Å². The minimum atomic E-state index is -1.33. The highest BCUT2D eigenvalue weighted by atomic mass is 16.5. The van der Waals surface area contributed by atoms with E-state index in [1.165, 1.54) is 4.90 Å². The third-order valence-corrected chi connectivity index (χ3v) is 12.2. The number of ether oxygens (including phenoxy) is 1. The van der Waals surface area contributed by atoms with E-state index < -0.39 is 83.4 Å². The van der Waals surface area contributed by atoms with Crippen LogP contribution in [0.1, 0.15) is 69.2 Å². The van der Waals surface area contributed by atoms with E-state index in [4.69, 9.17) is 4.74 Å². The van der Waals surface area contributed by atoms with Crippen molar-refractivity contribution < 1.29 is 33.5 Å². The lowest BCUT2D eigenvalue weighted by Crippen LogP contribution is -2.63. The van der Waals surface area contributed by atoms with E-state index in [2.05, 4.69) is 31.6 Å². The molecule has 4 aromatic carbocycles. The van der Waals surface area contributed by atoms with Crippen molar-refractivity contribution in [2.24, 2.45) is 0 Å². The van der Waals surface area contributed by atoms with Gasteiger partial charge < -0.3 is 41.2 Å². The molecule has 66 heavy (non-hydrogen) atoms. The van der Waals surface area contributed by atoms with Crippen molar-refractivity contribution in [3.63, 3.8) is 0 Å². The Morgan fingerprint density at radius 2 is 1.11 bits per heavy atom. The number of hydrogen-bond acceptors (Lipinski definition) is 7. The number of hydrogen-bond donors (Lipinski definition) is 6. The average Bonchev–Trinajstić information content (AvgIpc) is 3.97. The van der Waals surface area contributed by atoms with E-state index in [0.717, 1.165) is 33.2 Å². The molecule has 3 heterocycles. The fraction of sp³-hybridized carbons (Fsp3) is 0.385. The monoisotopic (exact) mass is 895 g/mol. The van der Waals surface area contributed by atoms with Crippen molar-refractivity contribution >= 4 is 46.3 Å². The van der Waals surface area contributed by atoms with Crippen LogP contribution in [0.4, 0.5) is 0 Å². The number of para-hydroxylation sites is 1. The minimum Gasteiger partial charge on any atom is -0.370 e. The summed E-state index contributed by atoms with van der Waals surface area (Å²) in [6.07, 6.45) is 2.51. The second-order valence-corrected chi connectivity index (χ2v) is 18.3. The number of aryl methyl sites for hydroxylation is 1. The van der Waals surface area contributed by atoms with Crippen LogP contribution in [0, 0.1) is 0 Å². The van der Waals surface area contributed by atoms with E-state index in [1.54, 1.807) is 13.1 Å². The number of carbonyl (C=O) groups is 6. The molecule has 0 saturated carbocycles. The molecular weight excluding hydrogens is 835 g/mol. The first kappa shape index (κ1) is 47.2. The first-order valence-electron chi connectivity index (χ1n) is 22.9. The van der Waals surface area contributed by atoms with Gasteiger partial charge in [0.15, 0.2) is 0 Å². The van der Waals surface area contributed by atoms with E-state index in [9.17, 15) is 28.8 Å². The Labute approximate surface area is 386 Å². The number of nitrogens with zero attached hydrogens (tertiary/aromatic N) is 1. The lowest BCUT2D eigenvalue weighted by atomic mass is 9.99. The van der Waals surface area contributed by atoms with Gasteiger partial charge in [-0.2, -0.15) is 0 Å². The number of H-pyrrole nitrogens is 1. The molecule has 0 radical (unpaired) electrons. The molecule has 7 rings (SSSR count). The SMILES string of the molecule is C[C@@H](OC(C)(C)C)[C@@H]1NC(=O)[C@H](Cc2ccccc2)NC(=O)[C@@H](Cc2c[nH]c3ccccc23)NC(=O)[C@@H](CCc2ccccc2)NC(=O)[C@@H]2CCCN2C(=O)[C@H](Cc2ccccc2)NC1=O. The number of aromatic nitrogens is 1. The fourth-order valence-corrected chi connectivity index (χ4v) is 8.92. The van der Waals surface area contributed by atoms with Gasteiger partial charge in [0.1, 0.15) is 36.3 Å². The van der Waals surface area contributed by atoms with Crippen molar-refractivity contribution in [1.29, 1.82) is 0 Å². The molecule has 14 nitrogen and oxygen atoms in total. The predicted octanol–water partition coefficient (Wildman–Crippen LogP) is 4.46. The van der Waals surface area contributed by atoms with Gasteiger partial charge in [0.2, 0.25) is 35.4 Å². The van der Waals surface area contributed by atoms with Crippen LogP contribution in [0.2, 0.25) is 0 Å². The van der Waals surface area contributed by atoms with Crippen molar-refractivity contribution in [1.82, 2.24) is 36.5 Å². The Hall–Kier alpha value is -6.80. The first-order chi connectivity index (χ1) is 31.7. The third-order valence-electron chi connectivity index (χ3n) is 12.2. The molecular formula is C52H61N7O7. The molecule has 6 amide bonds. The maximum Gasteiger partial charge on any atom is 0.246 e. The molecule has 5 aromatic rings. The lowest BCUT2D eigenvalue weighted by molar-refractivity contribution is -0.144. The van der Waals surface area contributed by atoms with Gasteiger partial charge in [0.05, 0.1) is 11.7 Å². The Balaban J connectivity index is 1.30. The highest BCUT2D eigenvalue weighted by Gasteiger charge is 2.42. The Morgan fingerprint density at radius 3 is 1.74 bits per heavy atom. The minimum absolute atomic E-state index is 0.0375. The predicted molar refractivity (Wildman–Crippen MR) is 252 cm³/mol. The van der Waals surface area contributed by atoms with E-state index in [0.29, 0.717) is 19.3 Å².